The number of aromatic nitrogens is 3. The highest BCUT2D eigenvalue weighted by atomic mass is 32.2. The molecule has 144 valence electrons. The molecule has 7 nitrogen and oxygen atoms in total. The number of carbonyl (C=O) groups is 1. The molecule has 2 aromatic carbocycles. The molecule has 0 radical (unpaired) electrons. The van der Waals surface area contributed by atoms with E-state index in [1.54, 1.807) is 30.0 Å². The van der Waals surface area contributed by atoms with Crippen LogP contribution in [-0.4, -0.2) is 40.1 Å². The topological polar surface area (TPSA) is 78.3 Å². The van der Waals surface area contributed by atoms with Gasteiger partial charge in [0.15, 0.2) is 11.0 Å². The fraction of sp³-hybridized carbons (Fsp3) is 0.250. The predicted octanol–water partition coefficient (Wildman–Crippen LogP) is 3.71. The van der Waals surface area contributed by atoms with Crippen molar-refractivity contribution in [3.05, 3.63) is 48.0 Å². The van der Waals surface area contributed by atoms with E-state index < -0.39 is 0 Å². The number of hydrogen-bond acceptors (Lipinski definition) is 6. The van der Waals surface area contributed by atoms with Gasteiger partial charge in [-0.2, -0.15) is 0 Å². The number of hydrogen-bond donors (Lipinski definition) is 1. The Morgan fingerprint density at radius 2 is 1.86 bits per heavy atom. The van der Waals surface area contributed by atoms with Crippen molar-refractivity contribution in [2.75, 3.05) is 19.5 Å². The molecule has 0 saturated heterocycles. The van der Waals surface area contributed by atoms with Gasteiger partial charge in [0.2, 0.25) is 0 Å². The van der Waals surface area contributed by atoms with Crippen LogP contribution in [0.25, 0.3) is 11.4 Å². The molecule has 0 bridgehead atoms. The number of carbonyl (C=O) groups excluding carboxylic acids is 1. The summed E-state index contributed by atoms with van der Waals surface area (Å²) >= 11 is 1.72. The van der Waals surface area contributed by atoms with Crippen molar-refractivity contribution < 1.29 is 14.3 Å². The molecule has 1 aliphatic heterocycles. The van der Waals surface area contributed by atoms with Crippen LogP contribution in [0.5, 0.6) is 11.5 Å². The molecule has 4 rings (SSSR count). The molecule has 1 aromatic heterocycles. The maximum absolute atomic E-state index is 12.9. The predicted molar refractivity (Wildman–Crippen MR) is 108 cm³/mol. The van der Waals surface area contributed by atoms with E-state index in [0.717, 1.165) is 23.1 Å². The Balaban J connectivity index is 1.63. The molecular formula is C20H20N4O3S. The Labute approximate surface area is 167 Å². The van der Waals surface area contributed by atoms with Crippen molar-refractivity contribution >= 4 is 23.4 Å². The van der Waals surface area contributed by atoms with Gasteiger partial charge >= 0.3 is 0 Å². The number of anilines is 1. The minimum absolute atomic E-state index is 0.304. The summed E-state index contributed by atoms with van der Waals surface area (Å²) in [5.41, 5.74) is 1.91. The van der Waals surface area contributed by atoms with Crippen LogP contribution in [0.1, 0.15) is 17.3 Å². The van der Waals surface area contributed by atoms with Crippen molar-refractivity contribution in [3.63, 3.8) is 0 Å². The van der Waals surface area contributed by atoms with Crippen LogP contribution < -0.4 is 14.8 Å². The lowest BCUT2D eigenvalue weighted by atomic mass is 10.1. The van der Waals surface area contributed by atoms with E-state index in [-0.39, 0.29) is 5.91 Å². The van der Waals surface area contributed by atoms with Gasteiger partial charge in [0.1, 0.15) is 17.1 Å². The average Bonchev–Trinajstić information content (AvgIpc) is 3.26. The zero-order chi connectivity index (χ0) is 19.7. The molecule has 0 fully saturated rings. The number of amides is 1. The third kappa shape index (κ3) is 3.31. The monoisotopic (exact) mass is 396 g/mol. The molecule has 0 saturated carbocycles. The van der Waals surface area contributed by atoms with E-state index >= 15 is 0 Å². The van der Waals surface area contributed by atoms with Crippen LogP contribution in [0, 0.1) is 0 Å². The minimum atomic E-state index is -0.304. The highest BCUT2D eigenvalue weighted by Crippen LogP contribution is 2.35. The van der Waals surface area contributed by atoms with E-state index in [2.05, 4.69) is 27.0 Å². The highest BCUT2D eigenvalue weighted by Gasteiger charge is 2.24. The van der Waals surface area contributed by atoms with Crippen molar-refractivity contribution in [1.82, 2.24) is 14.8 Å². The maximum atomic E-state index is 12.9. The van der Waals surface area contributed by atoms with Gasteiger partial charge in [-0.3, -0.25) is 4.79 Å². The van der Waals surface area contributed by atoms with Gasteiger partial charge in [-0.25, -0.2) is 0 Å². The molecular weight excluding hydrogens is 376 g/mol. The number of rotatable bonds is 5. The zero-order valence-corrected chi connectivity index (χ0v) is 16.6. The van der Waals surface area contributed by atoms with Crippen molar-refractivity contribution in [3.8, 4) is 22.9 Å². The largest absolute Gasteiger partial charge is 0.496 e. The van der Waals surface area contributed by atoms with E-state index in [4.69, 9.17) is 9.47 Å². The normalized spacial score (nSPS) is 15.2. The minimum Gasteiger partial charge on any atom is -0.496 e. The molecule has 1 amide bonds. The van der Waals surface area contributed by atoms with Gasteiger partial charge in [-0.05, 0) is 24.3 Å². The molecule has 0 unspecified atom stereocenters. The summed E-state index contributed by atoms with van der Waals surface area (Å²) in [6.45, 7) is 3.04. The number of nitrogens with one attached hydrogen (secondary N) is 1. The first-order valence-electron chi connectivity index (χ1n) is 8.83. The van der Waals surface area contributed by atoms with Crippen LogP contribution in [0.15, 0.2) is 47.6 Å². The van der Waals surface area contributed by atoms with Crippen LogP contribution in [-0.2, 0) is 6.54 Å². The van der Waals surface area contributed by atoms with Crippen molar-refractivity contribution in [2.24, 2.45) is 0 Å². The molecule has 28 heavy (non-hydrogen) atoms. The summed E-state index contributed by atoms with van der Waals surface area (Å²) in [7, 11) is 3.05. The fourth-order valence-electron chi connectivity index (χ4n) is 3.23. The molecule has 0 spiro atoms. The summed E-state index contributed by atoms with van der Waals surface area (Å²) < 4.78 is 12.8. The summed E-state index contributed by atoms with van der Waals surface area (Å²) in [6.07, 6.45) is 0. The Morgan fingerprint density at radius 3 is 2.57 bits per heavy atom. The lowest BCUT2D eigenvalue weighted by molar-refractivity contribution is 0.102. The average molecular weight is 396 g/mol. The van der Waals surface area contributed by atoms with Crippen LogP contribution in [0.2, 0.25) is 0 Å². The van der Waals surface area contributed by atoms with Crippen molar-refractivity contribution in [1.29, 1.82) is 0 Å². The Morgan fingerprint density at radius 1 is 1.14 bits per heavy atom. The molecule has 1 N–H and O–H groups in total. The SMILES string of the molecule is COc1cccc(OC)c1C(=O)Nc1cccc(-c2nnc3n2C[C@H](C)S3)c1. The zero-order valence-electron chi connectivity index (χ0n) is 15.8. The first-order valence-corrected chi connectivity index (χ1v) is 9.71. The second-order valence-electron chi connectivity index (χ2n) is 6.42. The second kappa shape index (κ2) is 7.55. The Hall–Kier alpha value is -3.00. The van der Waals surface area contributed by atoms with E-state index in [0.29, 0.717) is 28.0 Å². The first kappa shape index (κ1) is 18.4. The van der Waals surface area contributed by atoms with Gasteiger partial charge in [-0.1, -0.05) is 36.9 Å². The lowest BCUT2D eigenvalue weighted by Gasteiger charge is -2.13. The van der Waals surface area contributed by atoms with Gasteiger partial charge < -0.3 is 19.4 Å². The third-order valence-corrected chi connectivity index (χ3v) is 5.56. The standard InChI is InChI=1S/C20H20N4O3S/c1-12-11-24-18(22-23-20(24)28-12)13-6-4-7-14(10-13)21-19(25)17-15(26-2)8-5-9-16(17)27-3/h4-10,12H,11H2,1-3H3,(H,21,25)/t12-/m0/s1. The Kier molecular flexibility index (Phi) is 4.95. The second-order valence-corrected chi connectivity index (χ2v) is 7.82. The number of methoxy groups -OCH3 is 2. The van der Waals surface area contributed by atoms with Gasteiger partial charge in [0, 0.05) is 23.0 Å². The fourth-order valence-corrected chi connectivity index (χ4v) is 4.19. The summed E-state index contributed by atoms with van der Waals surface area (Å²) in [4.78, 5) is 12.9. The number of fused-ring (bicyclic) bond motifs is 1. The number of ether oxygens (including phenoxy) is 2. The van der Waals surface area contributed by atoms with Gasteiger partial charge in [0.25, 0.3) is 5.91 Å². The summed E-state index contributed by atoms with van der Waals surface area (Å²) in [6, 6.07) is 12.8. The van der Waals surface area contributed by atoms with Crippen molar-refractivity contribution in [2.45, 2.75) is 23.9 Å². The molecule has 2 heterocycles. The number of thioether (sulfide) groups is 1. The summed E-state index contributed by atoms with van der Waals surface area (Å²) in [5, 5.41) is 12.9. The smallest absolute Gasteiger partial charge is 0.263 e. The van der Waals surface area contributed by atoms with E-state index in [1.165, 1.54) is 14.2 Å². The highest BCUT2D eigenvalue weighted by molar-refractivity contribution is 7.99. The molecule has 1 atom stereocenters. The van der Waals surface area contributed by atoms with Crippen LogP contribution in [0.3, 0.4) is 0 Å². The Bertz CT molecular complexity index is 1010. The van der Waals surface area contributed by atoms with Crippen LogP contribution in [0.4, 0.5) is 5.69 Å². The van der Waals surface area contributed by atoms with Crippen LogP contribution >= 0.6 is 11.8 Å². The van der Waals surface area contributed by atoms with Gasteiger partial charge in [-0.15, -0.1) is 10.2 Å². The van der Waals surface area contributed by atoms with E-state index in [9.17, 15) is 4.79 Å². The number of nitrogens with zero attached hydrogens (tertiary/aromatic N) is 3. The molecule has 8 heteroatoms. The first-order chi connectivity index (χ1) is 13.6. The summed E-state index contributed by atoms with van der Waals surface area (Å²) in [5.74, 6) is 1.41. The molecule has 1 aliphatic rings. The quantitative estimate of drug-likeness (QED) is 0.708. The third-order valence-electron chi connectivity index (χ3n) is 4.50. The van der Waals surface area contributed by atoms with E-state index in [1.807, 2.05) is 24.3 Å². The van der Waals surface area contributed by atoms with Gasteiger partial charge in [0.05, 0.1) is 14.2 Å². The maximum Gasteiger partial charge on any atom is 0.263 e. The molecule has 0 aliphatic carbocycles. The lowest BCUT2D eigenvalue weighted by Crippen LogP contribution is -2.14. The number of benzene rings is 2. The molecule has 3 aromatic rings.